The van der Waals surface area contributed by atoms with Gasteiger partial charge in [-0.3, -0.25) is 4.98 Å². The SMILES string of the molecule is NCc1c(I)ccnc1C(F)(F)F. The smallest absolute Gasteiger partial charge is 0.326 e. The zero-order valence-electron chi connectivity index (χ0n) is 6.40. The van der Waals surface area contributed by atoms with E-state index in [9.17, 15) is 13.2 Å². The maximum Gasteiger partial charge on any atom is 0.433 e. The van der Waals surface area contributed by atoms with Crippen molar-refractivity contribution in [1.82, 2.24) is 4.98 Å². The lowest BCUT2D eigenvalue weighted by Gasteiger charge is -2.11. The zero-order valence-corrected chi connectivity index (χ0v) is 8.56. The fraction of sp³-hybridized carbons (Fsp3) is 0.286. The molecule has 0 amide bonds. The molecule has 0 aliphatic heterocycles. The Morgan fingerprint density at radius 2 is 2.08 bits per heavy atom. The number of nitrogens with two attached hydrogens (primary N) is 1. The highest BCUT2D eigenvalue weighted by Crippen LogP contribution is 2.31. The van der Waals surface area contributed by atoms with Crippen molar-refractivity contribution in [2.45, 2.75) is 12.7 Å². The standard InChI is InChI=1S/C7H6F3IN2/c8-7(9,10)6-4(3-12)5(11)1-2-13-6/h1-2H,3,12H2. The van der Waals surface area contributed by atoms with Gasteiger partial charge < -0.3 is 5.73 Å². The maximum atomic E-state index is 12.3. The molecule has 13 heavy (non-hydrogen) atoms. The molecular formula is C7H6F3IN2. The number of alkyl halides is 3. The van der Waals surface area contributed by atoms with Crippen LogP contribution in [0.5, 0.6) is 0 Å². The Balaban J connectivity index is 3.29. The first-order chi connectivity index (χ1) is 5.96. The minimum atomic E-state index is -4.42. The van der Waals surface area contributed by atoms with Gasteiger partial charge >= 0.3 is 6.18 Å². The number of rotatable bonds is 1. The predicted octanol–water partition coefficient (Wildman–Crippen LogP) is 2.16. The second-order valence-electron chi connectivity index (χ2n) is 2.32. The third-order valence-corrected chi connectivity index (χ3v) is 2.48. The van der Waals surface area contributed by atoms with Crippen LogP contribution in [0, 0.1) is 3.57 Å². The van der Waals surface area contributed by atoms with Crippen molar-refractivity contribution in [1.29, 1.82) is 0 Å². The molecular weight excluding hydrogens is 296 g/mol. The minimum Gasteiger partial charge on any atom is -0.326 e. The van der Waals surface area contributed by atoms with E-state index in [1.54, 1.807) is 22.6 Å². The van der Waals surface area contributed by atoms with Crippen LogP contribution in [-0.4, -0.2) is 4.98 Å². The van der Waals surface area contributed by atoms with Gasteiger partial charge in [0.15, 0.2) is 0 Å². The summed E-state index contributed by atoms with van der Waals surface area (Å²) in [6.45, 7) is -0.152. The van der Waals surface area contributed by atoms with E-state index in [4.69, 9.17) is 5.73 Å². The van der Waals surface area contributed by atoms with Gasteiger partial charge in [-0.1, -0.05) is 0 Å². The van der Waals surface area contributed by atoms with E-state index in [0.29, 0.717) is 3.57 Å². The molecule has 0 spiro atoms. The number of pyridine rings is 1. The molecule has 2 N–H and O–H groups in total. The molecule has 0 bridgehead atoms. The van der Waals surface area contributed by atoms with E-state index in [1.165, 1.54) is 6.07 Å². The van der Waals surface area contributed by atoms with Crippen LogP contribution in [0.1, 0.15) is 11.3 Å². The molecule has 6 heteroatoms. The van der Waals surface area contributed by atoms with Gasteiger partial charge in [0.1, 0.15) is 5.69 Å². The highest BCUT2D eigenvalue weighted by molar-refractivity contribution is 14.1. The normalized spacial score (nSPS) is 11.8. The quantitative estimate of drug-likeness (QED) is 0.808. The molecule has 0 atom stereocenters. The van der Waals surface area contributed by atoms with Gasteiger partial charge in [0.2, 0.25) is 0 Å². The Kier molecular flexibility index (Phi) is 3.12. The average Bonchev–Trinajstić information content (AvgIpc) is 2.02. The summed E-state index contributed by atoms with van der Waals surface area (Å²) in [4.78, 5) is 3.27. The molecule has 0 aliphatic rings. The molecule has 0 unspecified atom stereocenters. The van der Waals surface area contributed by atoms with Crippen LogP contribution in [0.3, 0.4) is 0 Å². The molecule has 0 fully saturated rings. The summed E-state index contributed by atoms with van der Waals surface area (Å²) in [5.41, 5.74) is 4.37. The summed E-state index contributed by atoms with van der Waals surface area (Å²) >= 11 is 1.81. The Hall–Kier alpha value is -0.370. The summed E-state index contributed by atoms with van der Waals surface area (Å²) in [5, 5.41) is 0. The van der Waals surface area contributed by atoms with Gasteiger partial charge in [-0.2, -0.15) is 13.2 Å². The molecule has 0 saturated heterocycles. The Bertz CT molecular complexity index is 311. The molecule has 0 saturated carbocycles. The molecule has 0 aromatic carbocycles. The molecule has 1 aromatic rings. The topological polar surface area (TPSA) is 38.9 Å². The first-order valence-corrected chi connectivity index (χ1v) is 4.45. The van der Waals surface area contributed by atoms with Crippen molar-refractivity contribution in [2.24, 2.45) is 5.73 Å². The molecule has 1 rings (SSSR count). The molecule has 1 aromatic heterocycles. The number of hydrogen-bond acceptors (Lipinski definition) is 2. The van der Waals surface area contributed by atoms with E-state index in [2.05, 4.69) is 4.98 Å². The summed E-state index contributed by atoms with van der Waals surface area (Å²) in [6.07, 6.45) is -3.29. The van der Waals surface area contributed by atoms with Crippen LogP contribution in [-0.2, 0) is 12.7 Å². The molecule has 0 aliphatic carbocycles. The molecule has 1 heterocycles. The number of nitrogens with zero attached hydrogens (tertiary/aromatic N) is 1. The number of halogens is 4. The fourth-order valence-corrected chi connectivity index (χ4v) is 1.54. The van der Waals surface area contributed by atoms with Crippen molar-refractivity contribution in [2.75, 3.05) is 0 Å². The largest absolute Gasteiger partial charge is 0.433 e. The van der Waals surface area contributed by atoms with Crippen molar-refractivity contribution in [3.63, 3.8) is 0 Å². The van der Waals surface area contributed by atoms with E-state index in [1.807, 2.05) is 0 Å². The van der Waals surface area contributed by atoms with Crippen LogP contribution in [0.15, 0.2) is 12.3 Å². The summed E-state index contributed by atoms with van der Waals surface area (Å²) in [6, 6.07) is 1.50. The van der Waals surface area contributed by atoms with Gasteiger partial charge in [0.05, 0.1) is 0 Å². The number of aromatic nitrogens is 1. The van der Waals surface area contributed by atoms with Gasteiger partial charge in [0.25, 0.3) is 0 Å². The van der Waals surface area contributed by atoms with Crippen molar-refractivity contribution >= 4 is 22.6 Å². The van der Waals surface area contributed by atoms with Gasteiger partial charge in [-0.05, 0) is 28.7 Å². The second kappa shape index (κ2) is 3.79. The molecule has 72 valence electrons. The highest BCUT2D eigenvalue weighted by atomic mass is 127. The lowest BCUT2D eigenvalue weighted by atomic mass is 10.2. The average molecular weight is 302 g/mol. The van der Waals surface area contributed by atoms with Crippen LogP contribution in [0.25, 0.3) is 0 Å². The monoisotopic (exact) mass is 302 g/mol. The molecule has 0 radical (unpaired) electrons. The van der Waals surface area contributed by atoms with Crippen LogP contribution >= 0.6 is 22.6 Å². The Morgan fingerprint density at radius 3 is 2.46 bits per heavy atom. The first-order valence-electron chi connectivity index (χ1n) is 3.37. The third-order valence-electron chi connectivity index (χ3n) is 1.47. The maximum absolute atomic E-state index is 12.3. The minimum absolute atomic E-state index is 0.0515. The lowest BCUT2D eigenvalue weighted by molar-refractivity contribution is -0.141. The van der Waals surface area contributed by atoms with E-state index >= 15 is 0 Å². The third kappa shape index (κ3) is 2.31. The van der Waals surface area contributed by atoms with Crippen LogP contribution < -0.4 is 5.73 Å². The van der Waals surface area contributed by atoms with Crippen molar-refractivity contribution < 1.29 is 13.2 Å². The van der Waals surface area contributed by atoms with E-state index < -0.39 is 11.9 Å². The van der Waals surface area contributed by atoms with Crippen molar-refractivity contribution in [3.05, 3.63) is 27.1 Å². The fourth-order valence-electron chi connectivity index (χ4n) is 0.907. The summed E-state index contributed by atoms with van der Waals surface area (Å²) < 4.78 is 37.4. The van der Waals surface area contributed by atoms with Crippen LogP contribution in [0.4, 0.5) is 13.2 Å². The summed E-state index contributed by atoms with van der Waals surface area (Å²) in [5.74, 6) is 0. The van der Waals surface area contributed by atoms with Gasteiger partial charge in [-0.15, -0.1) is 0 Å². The Labute approximate surface area is 86.5 Å². The zero-order chi connectivity index (χ0) is 10.1. The van der Waals surface area contributed by atoms with Gasteiger partial charge in [-0.25, -0.2) is 0 Å². The van der Waals surface area contributed by atoms with Gasteiger partial charge in [0, 0.05) is 21.9 Å². The predicted molar refractivity (Wildman–Crippen MR) is 49.8 cm³/mol. The van der Waals surface area contributed by atoms with E-state index in [-0.39, 0.29) is 12.1 Å². The number of hydrogen-bond donors (Lipinski definition) is 1. The van der Waals surface area contributed by atoms with Crippen LogP contribution in [0.2, 0.25) is 0 Å². The second-order valence-corrected chi connectivity index (χ2v) is 3.48. The Morgan fingerprint density at radius 1 is 1.46 bits per heavy atom. The lowest BCUT2D eigenvalue weighted by Crippen LogP contribution is -2.15. The molecule has 2 nitrogen and oxygen atoms in total. The highest BCUT2D eigenvalue weighted by Gasteiger charge is 2.35. The first kappa shape index (κ1) is 10.7. The van der Waals surface area contributed by atoms with Crippen molar-refractivity contribution in [3.8, 4) is 0 Å². The van der Waals surface area contributed by atoms with E-state index in [0.717, 1.165) is 6.20 Å². The summed E-state index contributed by atoms with van der Waals surface area (Å²) in [7, 11) is 0.